The van der Waals surface area contributed by atoms with Gasteiger partial charge in [0.25, 0.3) is 0 Å². The number of benzene rings is 2. The van der Waals surface area contributed by atoms with Gasteiger partial charge in [0, 0.05) is 48.2 Å². The van der Waals surface area contributed by atoms with Crippen LogP contribution < -0.4 is 10.2 Å². The van der Waals surface area contributed by atoms with Crippen molar-refractivity contribution in [3.63, 3.8) is 0 Å². The molecule has 7 heteroatoms. The van der Waals surface area contributed by atoms with Gasteiger partial charge in [-0.1, -0.05) is 29.8 Å². The first-order valence-corrected chi connectivity index (χ1v) is 10.2. The molecule has 2 amide bonds. The molecule has 1 unspecified atom stereocenters. The number of carbonyl (C=O) groups is 2. The van der Waals surface area contributed by atoms with Gasteiger partial charge in [0.05, 0.1) is 10.9 Å². The van der Waals surface area contributed by atoms with Crippen LogP contribution in [0.25, 0.3) is 0 Å². The number of hydrogen-bond donors (Lipinski definition) is 1. The lowest BCUT2D eigenvalue weighted by Gasteiger charge is -2.37. The predicted molar refractivity (Wildman–Crippen MR) is 110 cm³/mol. The lowest BCUT2D eigenvalue weighted by atomic mass is 10.2. The quantitative estimate of drug-likeness (QED) is 0.836. The largest absolute Gasteiger partial charge is 0.368 e. The monoisotopic (exact) mass is 401 g/mol. The Labute approximate surface area is 167 Å². The van der Waals surface area contributed by atoms with E-state index in [0.29, 0.717) is 18.1 Å². The van der Waals surface area contributed by atoms with E-state index < -0.39 is 0 Å². The van der Waals surface area contributed by atoms with Crippen molar-refractivity contribution in [2.75, 3.05) is 36.4 Å². The summed E-state index contributed by atoms with van der Waals surface area (Å²) in [5.41, 5.74) is 1.86. The van der Waals surface area contributed by atoms with E-state index in [1.807, 2.05) is 53.4 Å². The molecule has 0 aromatic heterocycles. The number of hydrogen-bond acceptors (Lipinski definition) is 4. The molecule has 1 atom stereocenters. The van der Waals surface area contributed by atoms with Crippen molar-refractivity contribution < 1.29 is 9.59 Å². The molecule has 1 saturated heterocycles. The smallest absolute Gasteiger partial charge is 0.236 e. The maximum atomic E-state index is 13.0. The molecule has 1 N–H and O–H groups in total. The minimum Gasteiger partial charge on any atom is -0.368 e. The van der Waals surface area contributed by atoms with Crippen LogP contribution >= 0.6 is 23.4 Å². The summed E-state index contributed by atoms with van der Waals surface area (Å²) >= 11 is 7.56. The van der Waals surface area contributed by atoms with Crippen LogP contribution in [0.5, 0.6) is 0 Å². The van der Waals surface area contributed by atoms with Gasteiger partial charge in [-0.15, -0.1) is 11.8 Å². The van der Waals surface area contributed by atoms with Gasteiger partial charge in [0.2, 0.25) is 11.8 Å². The Morgan fingerprint density at radius 1 is 1.07 bits per heavy atom. The third-order valence-electron chi connectivity index (χ3n) is 4.84. The number of carbonyl (C=O) groups excluding carboxylic acids is 2. The average Bonchev–Trinajstić information content (AvgIpc) is 2.85. The maximum absolute atomic E-state index is 13.0. The summed E-state index contributed by atoms with van der Waals surface area (Å²) in [6.07, 6.45) is 0.201. The van der Waals surface area contributed by atoms with E-state index in [0.717, 1.165) is 29.4 Å². The van der Waals surface area contributed by atoms with Crippen LogP contribution in [0.1, 0.15) is 6.42 Å². The molecule has 2 aliphatic heterocycles. The van der Waals surface area contributed by atoms with Gasteiger partial charge < -0.3 is 15.1 Å². The molecule has 2 heterocycles. The van der Waals surface area contributed by atoms with Crippen LogP contribution in [0.2, 0.25) is 5.02 Å². The lowest BCUT2D eigenvalue weighted by molar-refractivity contribution is -0.132. The molecule has 140 valence electrons. The van der Waals surface area contributed by atoms with E-state index in [4.69, 9.17) is 11.6 Å². The zero-order valence-electron chi connectivity index (χ0n) is 14.7. The topological polar surface area (TPSA) is 52.7 Å². The Kier molecular flexibility index (Phi) is 5.27. The van der Waals surface area contributed by atoms with E-state index in [1.165, 1.54) is 11.8 Å². The number of amides is 2. The third-order valence-corrected chi connectivity index (χ3v) is 6.34. The molecule has 0 radical (unpaired) electrons. The number of halogens is 1. The number of nitrogens with zero attached hydrogens (tertiary/aromatic N) is 2. The molecule has 27 heavy (non-hydrogen) atoms. The second-order valence-electron chi connectivity index (χ2n) is 6.65. The zero-order valence-corrected chi connectivity index (χ0v) is 16.3. The normalized spacial score (nSPS) is 19.9. The summed E-state index contributed by atoms with van der Waals surface area (Å²) in [7, 11) is 0. The molecule has 2 aliphatic rings. The molecule has 0 bridgehead atoms. The second kappa shape index (κ2) is 7.82. The highest BCUT2D eigenvalue weighted by molar-refractivity contribution is 8.00. The van der Waals surface area contributed by atoms with E-state index >= 15 is 0 Å². The fourth-order valence-electron chi connectivity index (χ4n) is 3.44. The Morgan fingerprint density at radius 2 is 1.85 bits per heavy atom. The fraction of sp³-hybridized carbons (Fsp3) is 0.300. The minimum absolute atomic E-state index is 0.0394. The lowest BCUT2D eigenvalue weighted by Crippen LogP contribution is -2.51. The van der Waals surface area contributed by atoms with Crippen LogP contribution in [0.3, 0.4) is 0 Å². The van der Waals surface area contributed by atoms with E-state index in [1.54, 1.807) is 0 Å². The Hall–Kier alpha value is -2.18. The Bertz CT molecular complexity index is 868. The number of para-hydroxylation sites is 1. The molecule has 5 nitrogen and oxygen atoms in total. The van der Waals surface area contributed by atoms with Crippen molar-refractivity contribution in [2.24, 2.45) is 0 Å². The summed E-state index contributed by atoms with van der Waals surface area (Å²) < 4.78 is 0. The van der Waals surface area contributed by atoms with Crippen molar-refractivity contribution in [3.8, 4) is 0 Å². The first kappa shape index (κ1) is 18.2. The summed E-state index contributed by atoms with van der Waals surface area (Å²) in [6, 6.07) is 15.4. The highest BCUT2D eigenvalue weighted by atomic mass is 35.5. The summed E-state index contributed by atoms with van der Waals surface area (Å²) in [6.45, 7) is 2.80. The first-order valence-electron chi connectivity index (χ1n) is 8.95. The standard InChI is InChI=1S/C20H20ClN3O2S/c21-14-4-3-5-15(12-14)23-8-10-24(11-9-23)20(26)18-13-19(25)22-16-6-1-2-7-17(16)27-18/h1-7,12,18H,8-11,13H2,(H,22,25). The number of rotatable bonds is 2. The Balaban J connectivity index is 1.42. The van der Waals surface area contributed by atoms with Gasteiger partial charge in [0.15, 0.2) is 0 Å². The van der Waals surface area contributed by atoms with Gasteiger partial charge in [-0.3, -0.25) is 9.59 Å². The summed E-state index contributed by atoms with van der Waals surface area (Å²) in [5.74, 6) is -0.0686. The van der Waals surface area contributed by atoms with Gasteiger partial charge >= 0.3 is 0 Å². The van der Waals surface area contributed by atoms with Crippen molar-refractivity contribution >= 4 is 46.6 Å². The average molecular weight is 402 g/mol. The fourth-order valence-corrected chi connectivity index (χ4v) is 4.82. The number of thioether (sulfide) groups is 1. The molecule has 1 fully saturated rings. The summed E-state index contributed by atoms with van der Waals surface area (Å²) in [4.78, 5) is 30.3. The van der Waals surface area contributed by atoms with Crippen molar-refractivity contribution in [2.45, 2.75) is 16.6 Å². The van der Waals surface area contributed by atoms with Crippen LogP contribution in [-0.4, -0.2) is 48.1 Å². The van der Waals surface area contributed by atoms with E-state index in [2.05, 4.69) is 10.2 Å². The third kappa shape index (κ3) is 4.06. The highest BCUT2D eigenvalue weighted by Gasteiger charge is 2.32. The van der Waals surface area contributed by atoms with Crippen molar-refractivity contribution in [3.05, 3.63) is 53.6 Å². The molecule has 0 spiro atoms. The molecule has 2 aromatic rings. The summed E-state index contributed by atoms with van der Waals surface area (Å²) in [5, 5.41) is 3.22. The maximum Gasteiger partial charge on any atom is 0.236 e. The predicted octanol–water partition coefficient (Wildman–Crippen LogP) is 3.49. The van der Waals surface area contributed by atoms with Crippen LogP contribution in [0.4, 0.5) is 11.4 Å². The Morgan fingerprint density at radius 3 is 2.63 bits per heavy atom. The minimum atomic E-state index is -0.383. The zero-order chi connectivity index (χ0) is 18.8. The van der Waals surface area contributed by atoms with Crippen molar-refractivity contribution in [1.29, 1.82) is 0 Å². The molecular weight excluding hydrogens is 382 g/mol. The van der Waals surface area contributed by atoms with Crippen LogP contribution in [0.15, 0.2) is 53.4 Å². The van der Waals surface area contributed by atoms with Gasteiger partial charge in [-0.2, -0.15) is 0 Å². The molecular formula is C20H20ClN3O2S. The number of fused-ring (bicyclic) bond motifs is 1. The second-order valence-corrected chi connectivity index (χ2v) is 8.33. The number of piperazine rings is 1. The molecule has 0 saturated carbocycles. The molecule has 0 aliphatic carbocycles. The van der Waals surface area contributed by atoms with E-state index in [-0.39, 0.29) is 23.5 Å². The van der Waals surface area contributed by atoms with Crippen LogP contribution in [0, 0.1) is 0 Å². The van der Waals surface area contributed by atoms with Gasteiger partial charge in [-0.25, -0.2) is 0 Å². The van der Waals surface area contributed by atoms with Crippen molar-refractivity contribution in [1.82, 2.24) is 4.90 Å². The van der Waals surface area contributed by atoms with E-state index in [9.17, 15) is 9.59 Å². The number of nitrogens with one attached hydrogen (secondary N) is 1. The molecule has 2 aromatic carbocycles. The van der Waals surface area contributed by atoms with Crippen LogP contribution in [-0.2, 0) is 9.59 Å². The highest BCUT2D eigenvalue weighted by Crippen LogP contribution is 2.36. The van der Waals surface area contributed by atoms with Gasteiger partial charge in [0.1, 0.15) is 0 Å². The number of anilines is 2. The first-order chi connectivity index (χ1) is 13.1. The van der Waals surface area contributed by atoms with Gasteiger partial charge in [-0.05, 0) is 30.3 Å². The molecule has 4 rings (SSSR count). The SMILES string of the molecule is O=C1CC(C(=O)N2CCN(c3cccc(Cl)c3)CC2)Sc2ccccc2N1.